The van der Waals surface area contributed by atoms with Crippen LogP contribution in [0.2, 0.25) is 0 Å². The van der Waals surface area contributed by atoms with Crippen molar-refractivity contribution in [2.24, 2.45) is 0 Å². The summed E-state index contributed by atoms with van der Waals surface area (Å²) in [5, 5.41) is 0. The van der Waals surface area contributed by atoms with Crippen LogP contribution in [0.5, 0.6) is 0 Å². The molecule has 0 aromatic rings. The molecule has 0 spiro atoms. The van der Waals surface area contributed by atoms with Gasteiger partial charge in [-0.3, -0.25) is 0 Å². The molecule has 23 heavy (non-hydrogen) atoms. The van der Waals surface area contributed by atoms with Crippen LogP contribution < -0.4 is 58.7 Å². The van der Waals surface area contributed by atoms with E-state index in [4.69, 9.17) is 58.7 Å². The summed E-state index contributed by atoms with van der Waals surface area (Å²) in [6.07, 6.45) is 0. The molecule has 0 bridgehead atoms. The molecule has 0 radical (unpaired) electrons. The van der Waals surface area contributed by atoms with Gasteiger partial charge in [0.2, 0.25) is 0 Å². The molecule has 0 amide bonds. The van der Waals surface area contributed by atoms with Crippen LogP contribution in [0.4, 0.5) is 0 Å². The van der Waals surface area contributed by atoms with Crippen LogP contribution in [0.3, 0.4) is 0 Å². The van der Waals surface area contributed by atoms with E-state index in [1.807, 2.05) is 0 Å². The molecule has 0 heterocycles. The summed E-state index contributed by atoms with van der Waals surface area (Å²) in [7, 11) is 0. The minimum atomic E-state index is -4.56. The second-order valence-corrected chi connectivity index (χ2v) is 10.7. The minimum absolute atomic E-state index is 0. The normalized spacial score (nSPS) is 10.3. The Balaban J connectivity index is -0.0000000284. The zero-order chi connectivity index (χ0) is 18.0. The number of hydrogen-bond donors (Lipinski definition) is 0. The first-order valence-electron chi connectivity index (χ1n) is 2.92. The monoisotopic (exact) mass is 996 g/mol. The predicted molar refractivity (Wildman–Crippen MR) is 57.1 cm³/mol. The van der Waals surface area contributed by atoms with Crippen LogP contribution in [0.15, 0.2) is 0 Å². The molecule has 146 valence electrons. The zero-order valence-electron chi connectivity index (χ0n) is 9.55. The zero-order valence-corrected chi connectivity index (χ0v) is 25.2. The van der Waals surface area contributed by atoms with Gasteiger partial charge in [-0.05, 0) is 0 Å². The Morgan fingerprint density at radius 1 is 0.304 bits per heavy atom. The van der Waals surface area contributed by atoms with Crippen molar-refractivity contribution in [1.29, 1.82) is 0 Å². The van der Waals surface area contributed by atoms with Gasteiger partial charge in [-0.25, -0.2) is 0 Å². The second kappa shape index (κ2) is 20.9. The predicted octanol–water partition coefficient (Wildman–Crippen LogP) is -10.8. The molecule has 0 aromatic carbocycles. The van der Waals surface area contributed by atoms with E-state index in [0.29, 0.717) is 0 Å². The van der Waals surface area contributed by atoms with Gasteiger partial charge in [-0.15, -0.1) is 0 Å². The fourth-order valence-electron chi connectivity index (χ4n) is 0. The van der Waals surface area contributed by atoms with E-state index >= 15 is 0 Å². The van der Waals surface area contributed by atoms with E-state index < -0.39 is 26.9 Å². The summed E-state index contributed by atoms with van der Waals surface area (Å²) in [6, 6.07) is 0. The quantitative estimate of drug-likeness (QED) is 0.204. The third-order valence-corrected chi connectivity index (χ3v) is 0. The van der Waals surface area contributed by atoms with Crippen molar-refractivity contribution in [2.45, 2.75) is 0 Å². The maximum atomic E-state index is 8.92. The average molecular weight is 996 g/mol. The second-order valence-electron chi connectivity index (χ2n) is 1.79. The van der Waals surface area contributed by atoms with Gasteiger partial charge in [0, 0.05) is 63.2 Å². The Kier molecular flexibility index (Phi) is 41.6. The molecule has 0 aliphatic rings. The van der Waals surface area contributed by atoms with Crippen LogP contribution in [0, 0.1) is 0 Å². The van der Waals surface area contributed by atoms with E-state index in [9.17, 15) is 0 Å². The van der Waals surface area contributed by atoms with Gasteiger partial charge < -0.3 is 85.6 Å². The van der Waals surface area contributed by atoms with Crippen LogP contribution in [0.1, 0.15) is 0 Å². The standard InChI is InChI=1S/4H3O3PS.3W/c4*1-4(2,3)5;;;/h4*(H3,1,2,3,5);;;/p-12. The van der Waals surface area contributed by atoms with Crippen molar-refractivity contribution in [1.82, 2.24) is 0 Å². The van der Waals surface area contributed by atoms with Crippen molar-refractivity contribution in [3.63, 3.8) is 0 Å². The van der Waals surface area contributed by atoms with E-state index in [0.717, 1.165) is 0 Å². The third kappa shape index (κ3) is 875. The summed E-state index contributed by atoms with van der Waals surface area (Å²) < 4.78 is 0. The topological polar surface area (TPSA) is 277 Å². The summed E-state index contributed by atoms with van der Waals surface area (Å²) in [6.45, 7) is -18.2. The van der Waals surface area contributed by atoms with E-state index in [1.54, 1.807) is 0 Å². The van der Waals surface area contributed by atoms with Crippen LogP contribution in [0.25, 0.3) is 0 Å². The van der Waals surface area contributed by atoms with Crippen molar-refractivity contribution >= 4 is 74.1 Å². The van der Waals surface area contributed by atoms with Crippen molar-refractivity contribution < 1.29 is 122 Å². The van der Waals surface area contributed by atoms with Gasteiger partial charge in [0.1, 0.15) is 0 Å². The van der Waals surface area contributed by atoms with Gasteiger partial charge >= 0.3 is 0 Å². The van der Waals surface area contributed by atoms with Crippen molar-refractivity contribution in [3.8, 4) is 0 Å². The smallest absolute Gasteiger partial charge is 0 e. The maximum absolute atomic E-state index is 8.92. The minimum Gasteiger partial charge on any atom is -0.844 e. The molecule has 0 atom stereocenters. The molecule has 0 rings (SSSR count). The molecule has 0 aliphatic heterocycles. The Morgan fingerprint density at radius 2 is 0.304 bits per heavy atom. The van der Waals surface area contributed by atoms with Gasteiger partial charge in [-0.1, -0.05) is 0 Å². The van der Waals surface area contributed by atoms with E-state index in [1.165, 1.54) is 0 Å². The van der Waals surface area contributed by atoms with Crippen molar-refractivity contribution in [2.75, 3.05) is 0 Å². The number of hydrogen-bond acceptors (Lipinski definition) is 16. The van der Waals surface area contributed by atoms with E-state index in [2.05, 4.69) is 47.2 Å². The molecule has 0 aliphatic carbocycles. The molecule has 0 N–H and O–H groups in total. The van der Waals surface area contributed by atoms with Gasteiger partial charge in [-0.2, -0.15) is 47.2 Å². The molecule has 0 saturated heterocycles. The molecule has 23 heteroatoms. The molecule has 0 fully saturated rings. The SMILES string of the molecule is [O-]P([O-])([O-])=S.[O-]P([O-])([O-])=S.[O-]P([O-])([O-])=S.[O-]P([O-])([O-])=S.[W].[W].[W]. The van der Waals surface area contributed by atoms with Crippen LogP contribution in [-0.4, -0.2) is 0 Å². The molecular formula is O12P4S4W3-12. The maximum Gasteiger partial charge on any atom is 0 e. The largest absolute Gasteiger partial charge is 0.844 e. The van der Waals surface area contributed by atoms with Crippen molar-refractivity contribution in [3.05, 3.63) is 0 Å². The van der Waals surface area contributed by atoms with Crippen LogP contribution >= 0.6 is 26.9 Å². The Hall–Kier alpha value is 4.18. The summed E-state index contributed by atoms with van der Waals surface area (Å²) >= 11 is 13.1. The third-order valence-electron chi connectivity index (χ3n) is 0. The molecular weight excluding hydrogens is 996 g/mol. The fourth-order valence-corrected chi connectivity index (χ4v) is 0. The summed E-state index contributed by atoms with van der Waals surface area (Å²) in [5.41, 5.74) is 0. The number of rotatable bonds is 0. The Morgan fingerprint density at radius 3 is 0.304 bits per heavy atom. The van der Waals surface area contributed by atoms with Gasteiger partial charge in [0.15, 0.2) is 0 Å². The van der Waals surface area contributed by atoms with E-state index in [-0.39, 0.29) is 63.2 Å². The molecule has 0 aromatic heterocycles. The average Bonchev–Trinajstić information content (AvgIpc) is 1.62. The van der Waals surface area contributed by atoms with Gasteiger partial charge in [0.05, 0.1) is 0 Å². The Bertz CT molecular complexity index is 305. The fraction of sp³-hybridized carbons (Fsp3) is 0. The molecule has 12 nitrogen and oxygen atoms in total. The first kappa shape index (κ1) is 45.7. The molecule has 0 unspecified atom stereocenters. The summed E-state index contributed by atoms with van der Waals surface area (Å²) in [4.78, 5) is 107. The first-order valence-corrected chi connectivity index (χ1v) is 13.1. The first-order chi connectivity index (χ1) is 8.00. The Labute approximate surface area is 194 Å². The van der Waals surface area contributed by atoms with Gasteiger partial charge in [0.25, 0.3) is 0 Å². The van der Waals surface area contributed by atoms with Crippen LogP contribution in [-0.2, 0) is 110 Å². The summed E-state index contributed by atoms with van der Waals surface area (Å²) in [5.74, 6) is 0. The molecule has 0 saturated carbocycles.